The number of hydrogen-bond donors (Lipinski definition) is 0. The number of ether oxygens (including phenoxy) is 1. The Balaban J connectivity index is 1.01. The van der Waals surface area contributed by atoms with Crippen molar-refractivity contribution >= 4 is 54.8 Å². The third-order valence-electron chi connectivity index (χ3n) is 11.0. The molecule has 6 heteroatoms. The highest BCUT2D eigenvalue weighted by Gasteiger charge is 2.21. The lowest BCUT2D eigenvalue weighted by Crippen LogP contribution is -2.31. The molecule has 0 radical (unpaired) electrons. The molecule has 6 nitrogen and oxygen atoms in total. The standard InChI is InChI=1S/C55H36N4O2/c1-36-14-11-17-38(30-36)43-23-13-22-42(37-15-3-2-4-16-37)55(43)58-35-57(49-25-8-9-26-50(49)58)39-18-12-19-40(31-39)60-41-28-29-45-44-20-5-7-24-48(44)59(51(45)32-41)54-33-47-46-21-6-10-27-52(46)61-53(47)34-56-54/h2-34H,1H3/i2D,3D,4D,11D,14D,15D,16D,17D,30D. The normalized spacial score (nSPS) is 13.8. The first kappa shape index (κ1) is 26.7. The maximum atomic E-state index is 9.19. The molecular weight excluding hydrogens is 749 g/mol. The van der Waals surface area contributed by atoms with E-state index in [1.165, 1.54) is 0 Å². The summed E-state index contributed by atoms with van der Waals surface area (Å²) in [5.74, 6) is 1.83. The summed E-state index contributed by atoms with van der Waals surface area (Å²) in [6.45, 7) is 1.56. The van der Waals surface area contributed by atoms with Crippen LogP contribution in [0.5, 0.6) is 11.5 Å². The second-order valence-electron chi connectivity index (χ2n) is 14.7. The van der Waals surface area contributed by atoms with Gasteiger partial charge in [0.25, 0.3) is 6.33 Å². The quantitative estimate of drug-likeness (QED) is 0.119. The number of imidazole rings is 1. The maximum absolute atomic E-state index is 9.19. The highest BCUT2D eigenvalue weighted by Crippen LogP contribution is 2.38. The van der Waals surface area contributed by atoms with Crippen LogP contribution < -0.4 is 9.30 Å². The van der Waals surface area contributed by atoms with Gasteiger partial charge in [0.05, 0.1) is 52.0 Å². The predicted molar refractivity (Wildman–Crippen MR) is 245 cm³/mol. The first-order valence-corrected chi connectivity index (χ1v) is 19.7. The van der Waals surface area contributed by atoms with Crippen molar-refractivity contribution in [3.05, 3.63) is 212 Å². The first-order valence-electron chi connectivity index (χ1n) is 24.2. The van der Waals surface area contributed by atoms with Gasteiger partial charge in [-0.05, 0) is 77.7 Å². The van der Waals surface area contributed by atoms with Crippen LogP contribution in [0.25, 0.3) is 94.2 Å². The molecule has 12 rings (SSSR count). The van der Waals surface area contributed by atoms with E-state index in [0.29, 0.717) is 33.8 Å². The summed E-state index contributed by atoms with van der Waals surface area (Å²) >= 11 is 0. The van der Waals surface area contributed by atoms with Crippen molar-refractivity contribution < 1.29 is 26.1 Å². The number of furan rings is 1. The van der Waals surface area contributed by atoms with E-state index in [2.05, 4.69) is 29.1 Å². The van der Waals surface area contributed by atoms with Gasteiger partial charge in [-0.2, -0.15) is 0 Å². The molecular formula is C55H36N4O2. The van der Waals surface area contributed by atoms with Crippen LogP contribution in [0, 0.1) is 13.3 Å². The second-order valence-corrected chi connectivity index (χ2v) is 14.7. The molecule has 0 fully saturated rings. The molecule has 4 heterocycles. The lowest BCUT2D eigenvalue weighted by molar-refractivity contribution is -0.571. The number of aromatic nitrogens is 4. The number of fused-ring (bicyclic) bond motifs is 7. The zero-order valence-corrected chi connectivity index (χ0v) is 32.5. The van der Waals surface area contributed by atoms with E-state index in [1.807, 2.05) is 108 Å². The first-order chi connectivity index (χ1) is 33.9. The van der Waals surface area contributed by atoms with E-state index < -0.39 is 30.2 Å². The van der Waals surface area contributed by atoms with Gasteiger partial charge in [0.2, 0.25) is 0 Å². The van der Waals surface area contributed by atoms with Crippen LogP contribution in [0.4, 0.5) is 0 Å². The van der Waals surface area contributed by atoms with Gasteiger partial charge in [-0.3, -0.25) is 13.7 Å². The van der Waals surface area contributed by atoms with Crippen LogP contribution in [-0.4, -0.2) is 14.1 Å². The van der Waals surface area contributed by atoms with Gasteiger partial charge in [-0.25, -0.2) is 4.98 Å². The third kappa shape index (κ3) is 5.80. The molecule has 8 aromatic carbocycles. The van der Waals surface area contributed by atoms with Crippen LogP contribution in [-0.2, 0) is 0 Å². The zero-order valence-electron chi connectivity index (χ0n) is 41.5. The summed E-state index contributed by atoms with van der Waals surface area (Å²) in [6.07, 6.45) is 5.25. The monoisotopic (exact) mass is 793 g/mol. The Morgan fingerprint density at radius 3 is 2.25 bits per heavy atom. The highest BCUT2D eigenvalue weighted by atomic mass is 16.5. The fraction of sp³-hybridized carbons (Fsp3) is 0.0182. The van der Waals surface area contributed by atoms with E-state index in [9.17, 15) is 1.37 Å². The number of pyridine rings is 1. The number of rotatable bonds is 7. The fourth-order valence-corrected chi connectivity index (χ4v) is 8.39. The molecule has 0 N–H and O–H groups in total. The summed E-state index contributed by atoms with van der Waals surface area (Å²) in [5, 5.41) is 4.05. The summed E-state index contributed by atoms with van der Waals surface area (Å²) in [5.41, 5.74) is 6.22. The molecule has 0 saturated carbocycles. The molecule has 0 aliphatic rings. The molecule has 0 aliphatic heterocycles. The number of hydrogen-bond acceptors (Lipinski definition) is 3. The van der Waals surface area contributed by atoms with Gasteiger partial charge < -0.3 is 9.15 Å². The van der Waals surface area contributed by atoms with Crippen molar-refractivity contribution in [2.45, 2.75) is 6.92 Å². The van der Waals surface area contributed by atoms with Crippen molar-refractivity contribution in [3.63, 3.8) is 0 Å². The van der Waals surface area contributed by atoms with Gasteiger partial charge in [0.1, 0.15) is 22.9 Å². The highest BCUT2D eigenvalue weighted by molar-refractivity contribution is 6.10. The lowest BCUT2D eigenvalue weighted by Gasteiger charge is -2.17. The van der Waals surface area contributed by atoms with Crippen LogP contribution in [0.2, 0.25) is 0 Å². The number of benzene rings is 8. The second kappa shape index (κ2) is 14.0. The van der Waals surface area contributed by atoms with Crippen LogP contribution in [0.15, 0.2) is 205 Å². The molecule has 4 aromatic heterocycles. The largest absolute Gasteiger partial charge is 0.458 e. The average Bonchev–Trinajstić information content (AvgIpc) is 4.06. The van der Waals surface area contributed by atoms with Crippen molar-refractivity contribution in [3.8, 4) is 50.9 Å². The van der Waals surface area contributed by atoms with Gasteiger partial charge in [-0.1, -0.05) is 145 Å². The molecule has 288 valence electrons. The van der Waals surface area contributed by atoms with E-state index in [0.717, 1.165) is 44.0 Å². The van der Waals surface area contributed by atoms with Crippen LogP contribution in [0.3, 0.4) is 0 Å². The predicted octanol–water partition coefficient (Wildman–Crippen LogP) is 13.5. The van der Waals surface area contributed by atoms with Gasteiger partial charge in [0, 0.05) is 27.6 Å². The van der Waals surface area contributed by atoms with E-state index in [1.54, 1.807) is 35.9 Å². The minimum atomic E-state index is -0.544. The number of para-hydroxylation sites is 5. The molecule has 0 amide bonds. The maximum Gasteiger partial charge on any atom is 0.269 e. The molecule has 0 aliphatic carbocycles. The zero-order chi connectivity index (χ0) is 48.3. The topological polar surface area (TPSA) is 49.0 Å². The van der Waals surface area contributed by atoms with Crippen molar-refractivity contribution in [2.75, 3.05) is 0 Å². The number of nitrogens with zero attached hydrogens (tertiary/aromatic N) is 4. The SMILES string of the molecule is [2H]c1c([2H])c([2H])c(-c2cccc(-c3c([2H])c([2H])c([2H])c(C)c3[2H])c2-[n+]2[c-]n(-c3cccc(Oc4ccc5c6ccccc6n(-c6cc7c(cn6)oc6ccccc67)c5c4)c3)c3ccccc32)c([2H])c1[2H]. The Kier molecular flexibility index (Phi) is 6.12. The Morgan fingerprint density at radius 1 is 0.607 bits per heavy atom. The van der Waals surface area contributed by atoms with Crippen molar-refractivity contribution in [2.24, 2.45) is 0 Å². The Morgan fingerprint density at radius 2 is 1.34 bits per heavy atom. The molecule has 0 atom stereocenters. The Bertz CT molecular complexity index is 4050. The van der Waals surface area contributed by atoms with Gasteiger partial charge >= 0.3 is 0 Å². The van der Waals surface area contributed by atoms with Crippen molar-refractivity contribution in [1.82, 2.24) is 14.1 Å². The average molecular weight is 794 g/mol. The lowest BCUT2D eigenvalue weighted by atomic mass is 9.95. The smallest absolute Gasteiger partial charge is 0.269 e. The van der Waals surface area contributed by atoms with E-state index in [-0.39, 0.29) is 57.7 Å². The summed E-state index contributed by atoms with van der Waals surface area (Å²) in [6, 6.07) is 40.6. The molecule has 0 unspecified atom stereocenters. The molecule has 61 heavy (non-hydrogen) atoms. The van der Waals surface area contributed by atoms with Gasteiger partial charge in [-0.15, -0.1) is 0 Å². The van der Waals surface area contributed by atoms with Crippen molar-refractivity contribution in [1.29, 1.82) is 0 Å². The summed E-state index contributed by atoms with van der Waals surface area (Å²) in [4.78, 5) is 4.88. The summed E-state index contributed by atoms with van der Waals surface area (Å²) < 4.78 is 97.5. The summed E-state index contributed by atoms with van der Waals surface area (Å²) in [7, 11) is 0. The molecule has 0 spiro atoms. The van der Waals surface area contributed by atoms with Gasteiger partial charge in [0.15, 0.2) is 5.58 Å². The molecule has 0 bridgehead atoms. The van der Waals surface area contributed by atoms with Crippen LogP contribution >= 0.6 is 0 Å². The van der Waals surface area contributed by atoms with E-state index in [4.69, 9.17) is 25.1 Å². The minimum Gasteiger partial charge on any atom is -0.458 e. The fourth-order valence-electron chi connectivity index (χ4n) is 8.39. The third-order valence-corrected chi connectivity index (χ3v) is 11.0. The Hall–Kier alpha value is -8.22. The Labute approximate surface area is 364 Å². The minimum absolute atomic E-state index is 0.0538. The van der Waals surface area contributed by atoms with E-state index >= 15 is 0 Å². The molecule has 12 aromatic rings. The molecule has 0 saturated heterocycles. The van der Waals surface area contributed by atoms with Crippen LogP contribution in [0.1, 0.15) is 17.9 Å².